The molecule has 0 aliphatic heterocycles. The molecule has 1 saturated carbocycles. The van der Waals surface area contributed by atoms with E-state index in [2.05, 4.69) is 10.3 Å². The monoisotopic (exact) mass is 406 g/mol. The van der Waals surface area contributed by atoms with E-state index in [4.69, 9.17) is 16.3 Å². The van der Waals surface area contributed by atoms with E-state index >= 15 is 0 Å². The van der Waals surface area contributed by atoms with Gasteiger partial charge in [0.2, 0.25) is 0 Å². The molecule has 1 atom stereocenters. The van der Waals surface area contributed by atoms with Gasteiger partial charge in [0, 0.05) is 22.0 Å². The predicted molar refractivity (Wildman–Crippen MR) is 107 cm³/mol. The first-order valence-electron chi connectivity index (χ1n) is 9.26. The molecule has 0 saturated heterocycles. The summed E-state index contributed by atoms with van der Waals surface area (Å²) >= 11 is 7.33. The highest BCUT2D eigenvalue weighted by molar-refractivity contribution is 7.13. The van der Waals surface area contributed by atoms with Crippen LogP contribution in [0.25, 0.3) is 10.6 Å². The average molecular weight is 407 g/mol. The van der Waals surface area contributed by atoms with Crippen molar-refractivity contribution in [2.75, 3.05) is 0 Å². The van der Waals surface area contributed by atoms with Crippen molar-refractivity contribution in [3.05, 3.63) is 40.4 Å². The second kappa shape index (κ2) is 9.33. The van der Waals surface area contributed by atoms with Crippen molar-refractivity contribution in [3.63, 3.8) is 0 Å². The molecule has 144 valence electrons. The Labute approximate surface area is 168 Å². The zero-order valence-corrected chi connectivity index (χ0v) is 16.8. The maximum Gasteiger partial charge on any atom is 0.358 e. The number of rotatable bonds is 5. The molecule has 0 unspecified atom stereocenters. The number of hydrogen-bond donors (Lipinski definition) is 1. The topological polar surface area (TPSA) is 68.3 Å². The smallest absolute Gasteiger partial charge is 0.358 e. The molecule has 1 N–H and O–H groups in total. The number of amides is 1. The Kier molecular flexibility index (Phi) is 6.85. The molecule has 1 aliphatic carbocycles. The first-order chi connectivity index (χ1) is 13.0. The van der Waals surface area contributed by atoms with Crippen LogP contribution >= 0.6 is 22.9 Å². The normalized spacial score (nSPS) is 16.4. The lowest BCUT2D eigenvalue weighted by Crippen LogP contribution is -2.41. The number of hydrogen-bond acceptors (Lipinski definition) is 5. The van der Waals surface area contributed by atoms with Gasteiger partial charge in [-0.05, 0) is 31.9 Å². The molecule has 27 heavy (non-hydrogen) atoms. The zero-order valence-electron chi connectivity index (χ0n) is 15.2. The van der Waals surface area contributed by atoms with E-state index in [1.807, 2.05) is 12.1 Å². The largest absolute Gasteiger partial charge is 0.448 e. The van der Waals surface area contributed by atoms with Crippen LogP contribution in [0.3, 0.4) is 0 Å². The summed E-state index contributed by atoms with van der Waals surface area (Å²) < 4.78 is 5.31. The van der Waals surface area contributed by atoms with Gasteiger partial charge < -0.3 is 10.1 Å². The molecule has 1 heterocycles. The predicted octanol–water partition coefficient (Wildman–Crippen LogP) is 4.85. The molecule has 1 fully saturated rings. The van der Waals surface area contributed by atoms with Crippen LogP contribution in [0, 0.1) is 0 Å². The van der Waals surface area contributed by atoms with Gasteiger partial charge in [0.05, 0.1) is 0 Å². The average Bonchev–Trinajstić information content (AvgIpc) is 3.01. The number of aromatic nitrogens is 1. The van der Waals surface area contributed by atoms with Crippen LogP contribution in [0.1, 0.15) is 55.9 Å². The fraction of sp³-hybridized carbons (Fsp3) is 0.450. The van der Waals surface area contributed by atoms with Crippen LogP contribution in [0.5, 0.6) is 0 Å². The molecular weight excluding hydrogens is 384 g/mol. The van der Waals surface area contributed by atoms with Gasteiger partial charge in [0.25, 0.3) is 5.91 Å². The van der Waals surface area contributed by atoms with Crippen molar-refractivity contribution < 1.29 is 14.3 Å². The van der Waals surface area contributed by atoms with E-state index in [1.165, 1.54) is 24.2 Å². The zero-order chi connectivity index (χ0) is 19.2. The summed E-state index contributed by atoms with van der Waals surface area (Å²) in [5, 5.41) is 5.93. The van der Waals surface area contributed by atoms with E-state index in [0.29, 0.717) is 10.0 Å². The molecule has 1 aliphatic rings. The molecule has 7 heteroatoms. The minimum Gasteiger partial charge on any atom is -0.448 e. The van der Waals surface area contributed by atoms with E-state index in [0.717, 1.165) is 31.2 Å². The number of esters is 1. The third-order valence-corrected chi connectivity index (χ3v) is 5.77. The summed E-state index contributed by atoms with van der Waals surface area (Å²) in [6, 6.07) is 7.45. The summed E-state index contributed by atoms with van der Waals surface area (Å²) in [4.78, 5) is 29.0. The van der Waals surface area contributed by atoms with Crippen LogP contribution in [0.15, 0.2) is 29.6 Å². The number of nitrogens with zero attached hydrogens (tertiary/aromatic N) is 1. The molecule has 1 amide bonds. The van der Waals surface area contributed by atoms with Gasteiger partial charge in [-0.1, -0.05) is 49.4 Å². The number of ether oxygens (including phenoxy) is 1. The second-order valence-electron chi connectivity index (χ2n) is 6.79. The lowest BCUT2D eigenvalue weighted by Gasteiger charge is -2.19. The molecule has 1 aromatic heterocycles. The number of nitrogens with one attached hydrogen (secondary N) is 1. The van der Waals surface area contributed by atoms with Gasteiger partial charge in [-0.15, -0.1) is 11.3 Å². The Bertz CT molecular complexity index is 800. The van der Waals surface area contributed by atoms with Gasteiger partial charge in [-0.3, -0.25) is 4.79 Å². The summed E-state index contributed by atoms with van der Waals surface area (Å²) in [6.45, 7) is 1.59. The van der Waals surface area contributed by atoms with Gasteiger partial charge in [0.1, 0.15) is 5.01 Å². The molecule has 3 rings (SSSR count). The first kappa shape index (κ1) is 19.8. The van der Waals surface area contributed by atoms with Gasteiger partial charge >= 0.3 is 5.97 Å². The Morgan fingerprint density at radius 1 is 1.26 bits per heavy atom. The summed E-state index contributed by atoms with van der Waals surface area (Å²) in [5.74, 6) is -0.844. The number of carbonyl (C=O) groups excluding carboxylic acids is 2. The summed E-state index contributed by atoms with van der Waals surface area (Å²) in [6.07, 6.45) is 5.82. The van der Waals surface area contributed by atoms with Crippen molar-refractivity contribution in [3.8, 4) is 10.6 Å². The summed E-state index contributed by atoms with van der Waals surface area (Å²) in [5.41, 5.74) is 1.04. The lowest BCUT2D eigenvalue weighted by atomic mass is 10.1. The maximum absolute atomic E-state index is 12.3. The van der Waals surface area contributed by atoms with Crippen LogP contribution in [-0.2, 0) is 9.53 Å². The van der Waals surface area contributed by atoms with Gasteiger partial charge in [0.15, 0.2) is 11.8 Å². The third kappa shape index (κ3) is 5.53. The fourth-order valence-electron chi connectivity index (χ4n) is 3.14. The number of carbonyl (C=O) groups is 2. The maximum atomic E-state index is 12.3. The molecular formula is C20H23ClN2O3S. The Morgan fingerprint density at radius 2 is 2.00 bits per heavy atom. The second-order valence-corrected chi connectivity index (χ2v) is 8.09. The Balaban J connectivity index is 1.57. The molecule has 0 radical (unpaired) electrons. The van der Waals surface area contributed by atoms with Crippen molar-refractivity contribution in [2.45, 2.75) is 57.6 Å². The fourth-order valence-corrected chi connectivity index (χ4v) is 4.11. The highest BCUT2D eigenvalue weighted by atomic mass is 35.5. The number of halogens is 1. The quantitative estimate of drug-likeness (QED) is 0.569. The highest BCUT2D eigenvalue weighted by Crippen LogP contribution is 2.26. The van der Waals surface area contributed by atoms with Gasteiger partial charge in [-0.2, -0.15) is 0 Å². The standard InChI is InChI=1S/C20H23ClN2O3S/c1-13(18(24)22-16-9-4-2-3-5-10-16)26-20(25)17-12-27-19(23-17)14-7-6-8-15(21)11-14/h6-8,11-13,16H,2-5,9-10H2,1H3,(H,22,24)/t13-/m1/s1. The summed E-state index contributed by atoms with van der Waals surface area (Å²) in [7, 11) is 0. The lowest BCUT2D eigenvalue weighted by molar-refractivity contribution is -0.129. The van der Waals surface area contributed by atoms with Crippen LogP contribution in [-0.4, -0.2) is 29.0 Å². The molecule has 1 aromatic carbocycles. The highest BCUT2D eigenvalue weighted by Gasteiger charge is 2.23. The van der Waals surface area contributed by atoms with Crippen LogP contribution in [0.2, 0.25) is 5.02 Å². The van der Waals surface area contributed by atoms with Crippen molar-refractivity contribution in [1.82, 2.24) is 10.3 Å². The third-order valence-electron chi connectivity index (χ3n) is 4.64. The van der Waals surface area contributed by atoms with E-state index in [-0.39, 0.29) is 17.6 Å². The molecule has 0 spiro atoms. The number of benzene rings is 1. The van der Waals surface area contributed by atoms with Crippen molar-refractivity contribution >= 4 is 34.8 Å². The van der Waals surface area contributed by atoms with Gasteiger partial charge in [-0.25, -0.2) is 9.78 Å². The first-order valence-corrected chi connectivity index (χ1v) is 10.5. The minimum absolute atomic E-state index is 0.176. The van der Waals surface area contributed by atoms with E-state index in [9.17, 15) is 9.59 Å². The van der Waals surface area contributed by atoms with E-state index < -0.39 is 12.1 Å². The van der Waals surface area contributed by atoms with Crippen molar-refractivity contribution in [2.24, 2.45) is 0 Å². The van der Waals surface area contributed by atoms with Crippen molar-refractivity contribution in [1.29, 1.82) is 0 Å². The molecule has 0 bridgehead atoms. The Morgan fingerprint density at radius 3 is 2.70 bits per heavy atom. The molecule has 5 nitrogen and oxygen atoms in total. The minimum atomic E-state index is -0.850. The SMILES string of the molecule is C[C@@H](OC(=O)c1csc(-c2cccc(Cl)c2)n1)C(=O)NC1CCCCCC1. The Hall–Kier alpha value is -1.92. The van der Waals surface area contributed by atoms with Crippen LogP contribution in [0.4, 0.5) is 0 Å². The molecule has 2 aromatic rings. The van der Waals surface area contributed by atoms with Crippen LogP contribution < -0.4 is 5.32 Å². The number of thiazole rings is 1. The van der Waals surface area contributed by atoms with E-state index in [1.54, 1.807) is 24.4 Å².